The Labute approximate surface area is 97.6 Å². The summed E-state index contributed by atoms with van der Waals surface area (Å²) in [6.07, 6.45) is -9.34. The monoisotopic (exact) mass is 274 g/mol. The predicted octanol–water partition coefficient (Wildman–Crippen LogP) is 2.77. The van der Waals surface area contributed by atoms with Crippen molar-refractivity contribution in [2.24, 2.45) is 5.73 Å². The van der Waals surface area contributed by atoms with Crippen molar-refractivity contribution in [2.75, 3.05) is 0 Å². The Bertz CT molecular complexity index is 440. The first kappa shape index (κ1) is 14.6. The van der Waals surface area contributed by atoms with E-state index in [4.69, 9.17) is 5.73 Å². The molecule has 1 aromatic heterocycles. The molecular weight excluding hydrogens is 266 g/mol. The molecule has 1 aromatic rings. The minimum atomic E-state index is -5.10. The summed E-state index contributed by atoms with van der Waals surface area (Å²) in [7, 11) is 0. The van der Waals surface area contributed by atoms with E-state index in [9.17, 15) is 26.3 Å². The van der Waals surface area contributed by atoms with Gasteiger partial charge in [-0.1, -0.05) is 0 Å². The number of halogens is 6. The average molecular weight is 274 g/mol. The number of pyridine rings is 1. The van der Waals surface area contributed by atoms with Crippen molar-refractivity contribution in [3.63, 3.8) is 0 Å². The summed E-state index contributed by atoms with van der Waals surface area (Å²) in [6, 6.07) is 0. The molecule has 0 saturated heterocycles. The van der Waals surface area contributed by atoms with Gasteiger partial charge in [0.25, 0.3) is 0 Å². The van der Waals surface area contributed by atoms with Crippen LogP contribution in [0, 0.1) is 6.92 Å². The van der Waals surface area contributed by atoms with Crippen LogP contribution in [0.25, 0.3) is 0 Å². The Kier molecular flexibility index (Phi) is 3.75. The van der Waals surface area contributed by atoms with Crippen molar-refractivity contribution in [3.8, 4) is 5.75 Å². The predicted molar refractivity (Wildman–Crippen MR) is 48.6 cm³/mol. The molecule has 9 heteroatoms. The zero-order chi connectivity index (χ0) is 14.1. The lowest BCUT2D eigenvalue weighted by Gasteiger charge is -2.18. The molecule has 0 radical (unpaired) electrons. The van der Waals surface area contributed by atoms with E-state index in [0.717, 1.165) is 6.92 Å². The molecular formula is C9H8F6N2O. The molecule has 0 atom stereocenters. The van der Waals surface area contributed by atoms with E-state index in [0.29, 0.717) is 6.20 Å². The molecule has 1 rings (SSSR count). The minimum absolute atomic E-state index is 0.180. The van der Waals surface area contributed by atoms with E-state index in [-0.39, 0.29) is 5.56 Å². The third kappa shape index (κ3) is 3.25. The number of aromatic nitrogens is 1. The van der Waals surface area contributed by atoms with Crippen LogP contribution in [0.4, 0.5) is 26.3 Å². The van der Waals surface area contributed by atoms with Crippen LogP contribution in [-0.4, -0.2) is 11.3 Å². The Hall–Kier alpha value is -1.51. The maximum Gasteiger partial charge on any atom is 0.573 e. The molecule has 0 fully saturated rings. The fourth-order valence-electron chi connectivity index (χ4n) is 1.33. The highest BCUT2D eigenvalue weighted by Gasteiger charge is 2.39. The molecule has 0 aromatic carbocycles. The van der Waals surface area contributed by atoms with Gasteiger partial charge < -0.3 is 10.5 Å². The molecule has 102 valence electrons. The number of rotatable bonds is 2. The highest BCUT2D eigenvalue weighted by atomic mass is 19.4. The summed E-state index contributed by atoms with van der Waals surface area (Å²) >= 11 is 0. The lowest BCUT2D eigenvalue weighted by Crippen LogP contribution is -2.22. The van der Waals surface area contributed by atoms with Gasteiger partial charge in [0.05, 0.1) is 0 Å². The normalized spacial score (nSPS) is 12.7. The number of aryl methyl sites for hydroxylation is 1. The average Bonchev–Trinajstić information content (AvgIpc) is 2.17. The van der Waals surface area contributed by atoms with Gasteiger partial charge in [0.1, 0.15) is 5.75 Å². The van der Waals surface area contributed by atoms with Crippen LogP contribution in [0.5, 0.6) is 5.75 Å². The Morgan fingerprint density at radius 3 is 2.17 bits per heavy atom. The molecule has 2 N–H and O–H groups in total. The van der Waals surface area contributed by atoms with Crippen molar-refractivity contribution in [3.05, 3.63) is 23.0 Å². The highest BCUT2D eigenvalue weighted by molar-refractivity contribution is 5.43. The summed E-state index contributed by atoms with van der Waals surface area (Å²) in [5.41, 5.74) is 2.57. The molecule has 0 spiro atoms. The van der Waals surface area contributed by atoms with Gasteiger partial charge >= 0.3 is 12.5 Å². The van der Waals surface area contributed by atoms with E-state index in [2.05, 4.69) is 9.72 Å². The van der Waals surface area contributed by atoms with Crippen molar-refractivity contribution >= 4 is 0 Å². The van der Waals surface area contributed by atoms with Crippen molar-refractivity contribution in [1.29, 1.82) is 0 Å². The molecule has 18 heavy (non-hydrogen) atoms. The molecule has 3 nitrogen and oxygen atoms in total. The van der Waals surface area contributed by atoms with Crippen molar-refractivity contribution in [1.82, 2.24) is 4.98 Å². The molecule has 0 bridgehead atoms. The van der Waals surface area contributed by atoms with Gasteiger partial charge in [-0.2, -0.15) is 13.2 Å². The van der Waals surface area contributed by atoms with Crippen LogP contribution in [0.2, 0.25) is 0 Å². The summed E-state index contributed by atoms with van der Waals surface area (Å²) in [5.74, 6) is -0.952. The fourth-order valence-corrected chi connectivity index (χ4v) is 1.33. The SMILES string of the molecule is Cc1cnc(C(F)(F)F)c(CN)c1OC(F)(F)F. The first-order valence-electron chi connectivity index (χ1n) is 4.57. The van der Waals surface area contributed by atoms with Crippen LogP contribution in [0.1, 0.15) is 16.8 Å². The van der Waals surface area contributed by atoms with Gasteiger partial charge in [-0.25, -0.2) is 0 Å². The number of ether oxygens (including phenoxy) is 1. The van der Waals surface area contributed by atoms with Crippen LogP contribution in [0.15, 0.2) is 6.20 Å². The van der Waals surface area contributed by atoms with E-state index in [1.54, 1.807) is 0 Å². The van der Waals surface area contributed by atoms with Crippen molar-refractivity contribution < 1.29 is 31.1 Å². The lowest BCUT2D eigenvalue weighted by molar-refractivity contribution is -0.275. The number of alkyl halides is 6. The molecule has 0 amide bonds. The zero-order valence-electron chi connectivity index (χ0n) is 8.99. The second-order valence-electron chi connectivity index (χ2n) is 3.35. The third-order valence-electron chi connectivity index (χ3n) is 2.00. The number of nitrogens with two attached hydrogens (primary N) is 1. The Morgan fingerprint density at radius 1 is 1.22 bits per heavy atom. The molecule has 1 heterocycles. The molecule has 0 aliphatic carbocycles. The number of hydrogen-bond acceptors (Lipinski definition) is 3. The lowest BCUT2D eigenvalue weighted by atomic mass is 10.1. The van der Waals surface area contributed by atoms with Gasteiger partial charge in [-0.15, -0.1) is 13.2 Å². The van der Waals surface area contributed by atoms with Crippen LogP contribution < -0.4 is 10.5 Å². The molecule has 0 aliphatic heterocycles. The topological polar surface area (TPSA) is 48.1 Å². The summed E-state index contributed by atoms with van der Waals surface area (Å²) in [5, 5.41) is 0. The number of nitrogens with zero attached hydrogens (tertiary/aromatic N) is 1. The van der Waals surface area contributed by atoms with E-state index < -0.39 is 36.1 Å². The standard InChI is InChI=1S/C9H8F6N2O/c1-4-3-17-7(8(10,11)12)5(2-16)6(4)18-9(13,14)15/h3H,2,16H2,1H3. The van der Waals surface area contributed by atoms with Gasteiger partial charge in [0, 0.05) is 23.9 Å². The van der Waals surface area contributed by atoms with E-state index in [1.165, 1.54) is 0 Å². The van der Waals surface area contributed by atoms with Crippen LogP contribution in [0.3, 0.4) is 0 Å². The minimum Gasteiger partial charge on any atom is -0.405 e. The second-order valence-corrected chi connectivity index (χ2v) is 3.35. The summed E-state index contributed by atoms with van der Waals surface area (Å²) in [4.78, 5) is 3.06. The van der Waals surface area contributed by atoms with Gasteiger partial charge in [0.15, 0.2) is 5.69 Å². The summed E-state index contributed by atoms with van der Waals surface area (Å²) < 4.78 is 77.4. The molecule has 0 unspecified atom stereocenters. The maximum atomic E-state index is 12.5. The zero-order valence-corrected chi connectivity index (χ0v) is 8.99. The highest BCUT2D eigenvalue weighted by Crippen LogP contribution is 2.37. The Balaban J connectivity index is 3.40. The molecule has 0 saturated carbocycles. The summed E-state index contributed by atoms with van der Waals surface area (Å²) in [6.45, 7) is 0.377. The van der Waals surface area contributed by atoms with Gasteiger partial charge in [0.2, 0.25) is 0 Å². The van der Waals surface area contributed by atoms with E-state index in [1.807, 2.05) is 0 Å². The van der Waals surface area contributed by atoms with Crippen LogP contribution in [-0.2, 0) is 12.7 Å². The fraction of sp³-hybridized carbons (Fsp3) is 0.444. The third-order valence-corrected chi connectivity index (χ3v) is 2.00. The maximum absolute atomic E-state index is 12.5. The first-order valence-corrected chi connectivity index (χ1v) is 4.57. The van der Waals surface area contributed by atoms with Gasteiger partial charge in [-0.05, 0) is 6.92 Å². The number of hydrogen-bond donors (Lipinski definition) is 1. The smallest absolute Gasteiger partial charge is 0.405 e. The quantitative estimate of drug-likeness (QED) is 0.843. The first-order chi connectivity index (χ1) is 8.06. The Morgan fingerprint density at radius 2 is 1.78 bits per heavy atom. The van der Waals surface area contributed by atoms with E-state index >= 15 is 0 Å². The van der Waals surface area contributed by atoms with Gasteiger partial charge in [-0.3, -0.25) is 4.98 Å². The van der Waals surface area contributed by atoms with Crippen LogP contribution >= 0.6 is 0 Å². The largest absolute Gasteiger partial charge is 0.573 e. The molecule has 0 aliphatic rings. The second kappa shape index (κ2) is 4.63. The van der Waals surface area contributed by atoms with Crippen molar-refractivity contribution in [2.45, 2.75) is 26.0 Å².